The number of sulfonamides is 1. The Bertz CT molecular complexity index is 1030. The largest absolute Gasteiger partial charge is 0.493 e. The van der Waals surface area contributed by atoms with Crippen LogP contribution in [0.4, 0.5) is 5.69 Å². The topological polar surface area (TPSA) is 55.8 Å². The highest BCUT2D eigenvalue weighted by Crippen LogP contribution is 2.35. The lowest BCUT2D eigenvalue weighted by Crippen LogP contribution is -2.31. The maximum absolute atomic E-state index is 13.7. The van der Waals surface area contributed by atoms with E-state index in [2.05, 4.69) is 0 Å². The highest BCUT2D eigenvalue weighted by molar-refractivity contribution is 7.92. The summed E-state index contributed by atoms with van der Waals surface area (Å²) in [5, 5.41) is 0. The van der Waals surface area contributed by atoms with Crippen LogP contribution in [0.15, 0.2) is 77.7 Å². The molecular weight excluding hydrogens is 374 g/mol. The average molecular weight is 397 g/mol. The number of rotatable bonds is 7. The van der Waals surface area contributed by atoms with Crippen molar-refractivity contribution in [3.8, 4) is 11.5 Å². The molecule has 0 saturated carbocycles. The molecule has 3 aromatic rings. The Morgan fingerprint density at radius 3 is 1.93 bits per heavy atom. The summed E-state index contributed by atoms with van der Waals surface area (Å²) in [6.07, 6.45) is 0. The number of methoxy groups -OCH3 is 2. The van der Waals surface area contributed by atoms with Gasteiger partial charge in [-0.25, -0.2) is 8.42 Å². The smallest absolute Gasteiger partial charge is 0.265 e. The van der Waals surface area contributed by atoms with Crippen molar-refractivity contribution in [1.82, 2.24) is 0 Å². The van der Waals surface area contributed by atoms with Crippen LogP contribution in [-0.4, -0.2) is 22.6 Å². The van der Waals surface area contributed by atoms with Gasteiger partial charge in [-0.15, -0.1) is 0 Å². The maximum Gasteiger partial charge on any atom is 0.265 e. The SMILES string of the molecule is COc1cc(C)c(S(=O)(=O)N(Cc2ccccc2)c2ccccc2)cc1OC. The van der Waals surface area contributed by atoms with Gasteiger partial charge < -0.3 is 9.47 Å². The highest BCUT2D eigenvalue weighted by atomic mass is 32.2. The van der Waals surface area contributed by atoms with Crippen LogP contribution in [0.5, 0.6) is 11.5 Å². The highest BCUT2D eigenvalue weighted by Gasteiger charge is 2.28. The lowest BCUT2D eigenvalue weighted by molar-refractivity contribution is 0.353. The third kappa shape index (κ3) is 3.97. The molecule has 0 saturated heterocycles. The number of hydrogen-bond acceptors (Lipinski definition) is 4. The van der Waals surface area contributed by atoms with Crippen LogP contribution in [0, 0.1) is 6.92 Å². The van der Waals surface area contributed by atoms with Gasteiger partial charge in [0.15, 0.2) is 11.5 Å². The molecule has 0 N–H and O–H groups in total. The first-order valence-corrected chi connectivity index (χ1v) is 10.3. The minimum atomic E-state index is -3.84. The molecule has 0 fully saturated rings. The van der Waals surface area contributed by atoms with Gasteiger partial charge in [-0.1, -0.05) is 48.5 Å². The Balaban J connectivity index is 2.13. The van der Waals surface area contributed by atoms with Crippen molar-refractivity contribution in [2.75, 3.05) is 18.5 Å². The number of hydrogen-bond donors (Lipinski definition) is 0. The van der Waals surface area contributed by atoms with Crippen LogP contribution in [0.25, 0.3) is 0 Å². The fourth-order valence-corrected chi connectivity index (χ4v) is 4.69. The van der Waals surface area contributed by atoms with Gasteiger partial charge in [0, 0.05) is 6.07 Å². The lowest BCUT2D eigenvalue weighted by Gasteiger charge is -2.26. The van der Waals surface area contributed by atoms with Gasteiger partial charge in [0.1, 0.15) is 0 Å². The van der Waals surface area contributed by atoms with Crippen LogP contribution in [-0.2, 0) is 16.6 Å². The molecule has 0 heterocycles. The fourth-order valence-electron chi connectivity index (χ4n) is 3.02. The Hall–Kier alpha value is -2.99. The summed E-state index contributed by atoms with van der Waals surface area (Å²) in [6.45, 7) is 1.97. The molecule has 3 aromatic carbocycles. The minimum Gasteiger partial charge on any atom is -0.493 e. The quantitative estimate of drug-likeness (QED) is 0.593. The summed E-state index contributed by atoms with van der Waals surface area (Å²) in [4.78, 5) is 0.185. The molecule has 5 nitrogen and oxygen atoms in total. The van der Waals surface area contributed by atoms with Gasteiger partial charge in [0.05, 0.1) is 31.3 Å². The third-order valence-electron chi connectivity index (χ3n) is 4.46. The predicted octanol–water partition coefficient (Wildman–Crippen LogP) is 4.41. The summed E-state index contributed by atoms with van der Waals surface area (Å²) in [6, 6.07) is 21.8. The van der Waals surface area contributed by atoms with Gasteiger partial charge >= 0.3 is 0 Å². The molecule has 0 spiro atoms. The Kier molecular flexibility index (Phi) is 5.90. The van der Waals surface area contributed by atoms with Crippen molar-refractivity contribution in [1.29, 1.82) is 0 Å². The second kappa shape index (κ2) is 8.35. The third-order valence-corrected chi connectivity index (χ3v) is 6.38. The zero-order chi connectivity index (χ0) is 20.1. The molecule has 0 radical (unpaired) electrons. The molecule has 0 unspecified atom stereocenters. The van der Waals surface area contributed by atoms with E-state index in [9.17, 15) is 8.42 Å². The maximum atomic E-state index is 13.7. The normalized spacial score (nSPS) is 11.1. The molecule has 146 valence electrons. The van der Waals surface area contributed by atoms with Crippen molar-refractivity contribution >= 4 is 15.7 Å². The Labute approximate surface area is 166 Å². The molecule has 0 aliphatic carbocycles. The van der Waals surface area contributed by atoms with Crippen molar-refractivity contribution in [2.24, 2.45) is 0 Å². The Morgan fingerprint density at radius 2 is 1.36 bits per heavy atom. The van der Waals surface area contributed by atoms with Crippen LogP contribution in [0.2, 0.25) is 0 Å². The summed E-state index contributed by atoms with van der Waals surface area (Å²) in [7, 11) is -0.829. The molecule has 0 aromatic heterocycles. The minimum absolute atomic E-state index is 0.185. The van der Waals surface area contributed by atoms with E-state index in [1.165, 1.54) is 24.6 Å². The summed E-state index contributed by atoms with van der Waals surface area (Å²) >= 11 is 0. The van der Waals surface area contributed by atoms with Gasteiger partial charge in [0.25, 0.3) is 10.0 Å². The molecule has 0 amide bonds. The molecule has 0 bridgehead atoms. The van der Waals surface area contributed by atoms with Crippen molar-refractivity contribution in [2.45, 2.75) is 18.4 Å². The lowest BCUT2D eigenvalue weighted by atomic mass is 10.2. The average Bonchev–Trinajstić information content (AvgIpc) is 2.72. The van der Waals surface area contributed by atoms with Crippen LogP contribution in [0.3, 0.4) is 0 Å². The monoisotopic (exact) mass is 397 g/mol. The van der Waals surface area contributed by atoms with Crippen LogP contribution >= 0.6 is 0 Å². The number of nitrogens with zero attached hydrogens (tertiary/aromatic N) is 1. The van der Waals surface area contributed by atoms with E-state index in [4.69, 9.17) is 9.47 Å². The second-order valence-electron chi connectivity index (χ2n) is 6.31. The summed E-state index contributed by atoms with van der Waals surface area (Å²) in [5.41, 5.74) is 2.08. The van der Waals surface area contributed by atoms with E-state index >= 15 is 0 Å². The fraction of sp³-hybridized carbons (Fsp3) is 0.182. The molecular formula is C22H23NO4S. The van der Waals surface area contributed by atoms with Gasteiger partial charge in [0.2, 0.25) is 0 Å². The van der Waals surface area contributed by atoms with E-state index in [0.717, 1.165) is 5.56 Å². The van der Waals surface area contributed by atoms with Gasteiger partial charge in [-0.3, -0.25) is 4.31 Å². The van der Waals surface area contributed by atoms with E-state index in [-0.39, 0.29) is 11.4 Å². The molecule has 0 aliphatic heterocycles. The van der Waals surface area contributed by atoms with Crippen LogP contribution in [0.1, 0.15) is 11.1 Å². The predicted molar refractivity (Wildman–Crippen MR) is 111 cm³/mol. The Morgan fingerprint density at radius 1 is 0.821 bits per heavy atom. The number of para-hydroxylation sites is 1. The molecule has 0 atom stereocenters. The number of aryl methyl sites for hydroxylation is 1. The molecule has 28 heavy (non-hydrogen) atoms. The molecule has 0 aliphatic rings. The molecule has 3 rings (SSSR count). The first-order valence-electron chi connectivity index (χ1n) is 8.81. The van der Waals surface area contributed by atoms with Gasteiger partial charge in [-0.2, -0.15) is 0 Å². The van der Waals surface area contributed by atoms with Crippen molar-refractivity contribution in [3.05, 3.63) is 83.9 Å². The number of ether oxygens (including phenoxy) is 2. The van der Waals surface area contributed by atoms with Crippen molar-refractivity contribution < 1.29 is 17.9 Å². The second-order valence-corrected chi connectivity index (χ2v) is 8.14. The van der Waals surface area contributed by atoms with Gasteiger partial charge in [-0.05, 0) is 36.2 Å². The van der Waals surface area contributed by atoms with E-state index in [1.807, 2.05) is 48.5 Å². The van der Waals surface area contributed by atoms with E-state index in [0.29, 0.717) is 22.7 Å². The first kappa shape index (κ1) is 19.8. The number of anilines is 1. The number of benzene rings is 3. The van der Waals surface area contributed by atoms with E-state index < -0.39 is 10.0 Å². The standard InChI is InChI=1S/C22H23NO4S/c1-17-14-20(26-2)21(27-3)15-22(17)28(24,25)23(19-12-8-5-9-13-19)16-18-10-6-4-7-11-18/h4-15H,16H2,1-3H3. The summed E-state index contributed by atoms with van der Waals surface area (Å²) in [5.74, 6) is 0.868. The zero-order valence-electron chi connectivity index (χ0n) is 16.1. The molecule has 6 heteroatoms. The van der Waals surface area contributed by atoms with Crippen LogP contribution < -0.4 is 13.8 Å². The van der Waals surface area contributed by atoms with Crippen molar-refractivity contribution in [3.63, 3.8) is 0 Å². The first-order chi connectivity index (χ1) is 13.5. The van der Waals surface area contributed by atoms with E-state index in [1.54, 1.807) is 25.1 Å². The zero-order valence-corrected chi connectivity index (χ0v) is 16.9. The summed E-state index contributed by atoms with van der Waals surface area (Å²) < 4.78 is 39.3.